The Morgan fingerprint density at radius 1 is 1.31 bits per heavy atom. The lowest BCUT2D eigenvalue weighted by Crippen LogP contribution is -2.33. The van der Waals surface area contributed by atoms with E-state index in [1.165, 1.54) is 5.56 Å². The van der Waals surface area contributed by atoms with Gasteiger partial charge in [-0.25, -0.2) is 0 Å². The Kier molecular flexibility index (Phi) is 4.51. The second-order valence-electron chi connectivity index (χ2n) is 4.74. The van der Waals surface area contributed by atoms with E-state index < -0.39 is 5.60 Å². The Hall–Kier alpha value is -0.860. The molecule has 0 saturated heterocycles. The predicted octanol–water partition coefficient (Wildman–Crippen LogP) is 2.63. The van der Waals surface area contributed by atoms with E-state index in [1.54, 1.807) is 0 Å². The number of hydrogen-bond acceptors (Lipinski definition) is 2. The molecule has 2 N–H and O–H groups in total. The molecule has 0 bridgehead atoms. The fourth-order valence-corrected chi connectivity index (χ4v) is 1.85. The van der Waals surface area contributed by atoms with E-state index >= 15 is 0 Å². The number of likely N-dealkylation sites (N-methyl/N-ethyl adjacent to an activating group) is 1. The molecule has 2 atom stereocenters. The average Bonchev–Trinajstić information content (AvgIpc) is 2.28. The molecule has 1 rings (SSSR count). The maximum absolute atomic E-state index is 10.2. The van der Waals surface area contributed by atoms with Crippen molar-refractivity contribution in [1.82, 2.24) is 5.32 Å². The van der Waals surface area contributed by atoms with Crippen LogP contribution in [0, 0.1) is 0 Å². The molecule has 0 aliphatic carbocycles. The topological polar surface area (TPSA) is 32.3 Å². The van der Waals surface area contributed by atoms with Gasteiger partial charge in [0.2, 0.25) is 0 Å². The van der Waals surface area contributed by atoms with E-state index in [2.05, 4.69) is 31.3 Å². The first kappa shape index (κ1) is 13.2. The number of aliphatic hydroxyl groups is 1. The Bertz CT molecular complexity index is 316. The molecular weight excluding hydrogens is 198 g/mol. The molecule has 2 unspecified atom stereocenters. The summed E-state index contributed by atoms with van der Waals surface area (Å²) < 4.78 is 0. The average molecular weight is 221 g/mol. The second kappa shape index (κ2) is 5.46. The van der Waals surface area contributed by atoms with Gasteiger partial charge in [0.1, 0.15) is 0 Å². The first-order valence-electron chi connectivity index (χ1n) is 5.98. The van der Waals surface area contributed by atoms with Crippen LogP contribution in [0.3, 0.4) is 0 Å². The van der Waals surface area contributed by atoms with Crippen molar-refractivity contribution in [3.63, 3.8) is 0 Å². The highest BCUT2D eigenvalue weighted by Gasteiger charge is 2.21. The standard InChI is InChI=1S/C14H23NO/c1-5-11(2)12-6-8-13(9-7-12)14(3,16)10-15-4/h6-9,11,15-16H,5,10H2,1-4H3. The molecule has 0 aliphatic heterocycles. The maximum Gasteiger partial charge on any atom is 0.0992 e. The third kappa shape index (κ3) is 3.06. The summed E-state index contributed by atoms with van der Waals surface area (Å²) in [4.78, 5) is 0. The van der Waals surface area contributed by atoms with Crippen LogP contribution in [-0.2, 0) is 5.60 Å². The molecule has 16 heavy (non-hydrogen) atoms. The SMILES string of the molecule is CCC(C)c1ccc(C(C)(O)CNC)cc1. The number of benzene rings is 1. The fourth-order valence-electron chi connectivity index (χ4n) is 1.85. The number of nitrogens with one attached hydrogen (secondary N) is 1. The summed E-state index contributed by atoms with van der Waals surface area (Å²) in [6.45, 7) is 6.81. The lowest BCUT2D eigenvalue weighted by molar-refractivity contribution is 0.0591. The molecule has 2 heteroatoms. The molecule has 0 saturated carbocycles. The summed E-state index contributed by atoms with van der Waals surface area (Å²) in [5.74, 6) is 0.586. The quantitative estimate of drug-likeness (QED) is 0.801. The van der Waals surface area contributed by atoms with Crippen LogP contribution in [0.1, 0.15) is 44.2 Å². The van der Waals surface area contributed by atoms with Crippen LogP contribution in [-0.4, -0.2) is 18.7 Å². The molecule has 0 fully saturated rings. The highest BCUT2D eigenvalue weighted by atomic mass is 16.3. The van der Waals surface area contributed by atoms with Gasteiger partial charge < -0.3 is 10.4 Å². The lowest BCUT2D eigenvalue weighted by atomic mass is 9.92. The van der Waals surface area contributed by atoms with Crippen molar-refractivity contribution in [2.45, 2.75) is 38.7 Å². The summed E-state index contributed by atoms with van der Waals surface area (Å²) in [7, 11) is 1.85. The van der Waals surface area contributed by atoms with E-state index in [0.29, 0.717) is 12.5 Å². The molecule has 0 amide bonds. The molecule has 0 aliphatic rings. The van der Waals surface area contributed by atoms with E-state index in [4.69, 9.17) is 0 Å². The van der Waals surface area contributed by atoms with Crippen molar-refractivity contribution < 1.29 is 5.11 Å². The number of hydrogen-bond donors (Lipinski definition) is 2. The molecule has 0 heterocycles. The molecular formula is C14H23NO. The Morgan fingerprint density at radius 3 is 2.31 bits per heavy atom. The molecule has 0 radical (unpaired) electrons. The second-order valence-corrected chi connectivity index (χ2v) is 4.74. The minimum Gasteiger partial charge on any atom is -0.384 e. The summed E-state index contributed by atoms with van der Waals surface area (Å²) in [6.07, 6.45) is 1.15. The van der Waals surface area contributed by atoms with Crippen molar-refractivity contribution in [2.24, 2.45) is 0 Å². The Labute approximate surface area is 98.7 Å². The highest BCUT2D eigenvalue weighted by Crippen LogP contribution is 2.24. The van der Waals surface area contributed by atoms with Gasteiger partial charge in [0.25, 0.3) is 0 Å². The fraction of sp³-hybridized carbons (Fsp3) is 0.571. The van der Waals surface area contributed by atoms with Crippen molar-refractivity contribution >= 4 is 0 Å². The molecule has 1 aromatic carbocycles. The van der Waals surface area contributed by atoms with Gasteiger partial charge in [0.05, 0.1) is 5.60 Å². The molecule has 2 nitrogen and oxygen atoms in total. The van der Waals surface area contributed by atoms with Gasteiger partial charge in [0, 0.05) is 6.54 Å². The monoisotopic (exact) mass is 221 g/mol. The van der Waals surface area contributed by atoms with Gasteiger partial charge >= 0.3 is 0 Å². The van der Waals surface area contributed by atoms with Gasteiger partial charge in [-0.15, -0.1) is 0 Å². The summed E-state index contributed by atoms with van der Waals surface area (Å²) in [5.41, 5.74) is 1.52. The Morgan fingerprint density at radius 2 is 1.88 bits per heavy atom. The van der Waals surface area contributed by atoms with Crippen LogP contribution in [0.15, 0.2) is 24.3 Å². The van der Waals surface area contributed by atoms with Crippen LogP contribution >= 0.6 is 0 Å². The largest absolute Gasteiger partial charge is 0.384 e. The van der Waals surface area contributed by atoms with Crippen LogP contribution in [0.5, 0.6) is 0 Å². The van der Waals surface area contributed by atoms with Crippen LogP contribution in [0.2, 0.25) is 0 Å². The van der Waals surface area contributed by atoms with Crippen molar-refractivity contribution in [3.8, 4) is 0 Å². The first-order valence-corrected chi connectivity index (χ1v) is 5.98. The van der Waals surface area contributed by atoms with Crippen molar-refractivity contribution in [2.75, 3.05) is 13.6 Å². The van der Waals surface area contributed by atoms with Crippen molar-refractivity contribution in [3.05, 3.63) is 35.4 Å². The van der Waals surface area contributed by atoms with Crippen molar-refractivity contribution in [1.29, 1.82) is 0 Å². The summed E-state index contributed by atoms with van der Waals surface area (Å²) >= 11 is 0. The third-order valence-electron chi connectivity index (χ3n) is 3.23. The normalized spacial score (nSPS) is 16.8. The van der Waals surface area contributed by atoms with Gasteiger partial charge in [0.15, 0.2) is 0 Å². The molecule has 90 valence electrons. The molecule has 0 spiro atoms. The number of rotatable bonds is 5. The smallest absolute Gasteiger partial charge is 0.0992 e. The van der Waals surface area contributed by atoms with E-state index in [1.807, 2.05) is 26.1 Å². The van der Waals surface area contributed by atoms with Crippen LogP contribution in [0.4, 0.5) is 0 Å². The lowest BCUT2D eigenvalue weighted by Gasteiger charge is -2.24. The Balaban J connectivity index is 2.86. The zero-order valence-electron chi connectivity index (χ0n) is 10.7. The van der Waals surface area contributed by atoms with Gasteiger partial charge in [-0.1, -0.05) is 38.1 Å². The summed E-state index contributed by atoms with van der Waals surface area (Å²) in [6, 6.07) is 8.29. The van der Waals surface area contributed by atoms with E-state index in [9.17, 15) is 5.11 Å². The van der Waals surface area contributed by atoms with Gasteiger partial charge in [-0.2, -0.15) is 0 Å². The van der Waals surface area contributed by atoms with Gasteiger partial charge in [-0.05, 0) is 37.4 Å². The minimum absolute atomic E-state index is 0.565. The molecule has 1 aromatic rings. The van der Waals surface area contributed by atoms with Gasteiger partial charge in [-0.3, -0.25) is 0 Å². The molecule has 0 aromatic heterocycles. The van der Waals surface area contributed by atoms with E-state index in [0.717, 1.165) is 12.0 Å². The van der Waals surface area contributed by atoms with Crippen LogP contribution in [0.25, 0.3) is 0 Å². The maximum atomic E-state index is 10.2. The predicted molar refractivity (Wildman–Crippen MR) is 68.6 cm³/mol. The minimum atomic E-state index is -0.789. The first-order chi connectivity index (χ1) is 7.51. The zero-order chi connectivity index (χ0) is 12.2. The van der Waals surface area contributed by atoms with Crippen LogP contribution < -0.4 is 5.32 Å². The summed E-state index contributed by atoms with van der Waals surface area (Å²) in [5, 5.41) is 13.2. The van der Waals surface area contributed by atoms with E-state index in [-0.39, 0.29) is 0 Å². The highest BCUT2D eigenvalue weighted by molar-refractivity contribution is 5.28. The zero-order valence-corrected chi connectivity index (χ0v) is 10.7. The third-order valence-corrected chi connectivity index (χ3v) is 3.23.